The summed E-state index contributed by atoms with van der Waals surface area (Å²) in [6.45, 7) is 1.51. The maximum atomic E-state index is 9.85. The van der Waals surface area contributed by atoms with Crippen LogP contribution in [0.5, 0.6) is 0 Å². The van der Waals surface area contributed by atoms with Crippen molar-refractivity contribution in [3.63, 3.8) is 0 Å². The molecule has 0 rings (SSSR count). The molecule has 0 radical (unpaired) electrons. The number of aliphatic hydroxyl groups excluding tert-OH is 1. The van der Waals surface area contributed by atoms with Gasteiger partial charge in [0.25, 0.3) is 0 Å². The third kappa shape index (κ3) is 3.03. The largest absolute Gasteiger partial charge is 0.370 e. The predicted octanol–water partition coefficient (Wildman–Crippen LogP) is 0.852. The quantitative estimate of drug-likeness (QED) is 0.419. The molecule has 0 unspecified atom stereocenters. The lowest BCUT2D eigenvalue weighted by Crippen LogP contribution is -2.47. The highest BCUT2D eigenvalue weighted by molar-refractivity contribution is 6.52. The molecular weight excluding hydrogens is 212 g/mol. The van der Waals surface area contributed by atoms with E-state index in [1.807, 2.05) is 5.32 Å². The van der Waals surface area contributed by atoms with Crippen LogP contribution in [0.1, 0.15) is 6.92 Å². The fraction of sp³-hybridized carbons (Fsp3) is 0.800. The van der Waals surface area contributed by atoms with Crippen molar-refractivity contribution in [1.82, 2.24) is 5.32 Å². The topological polar surface area (TPSA) is 49.3 Å². The van der Waals surface area contributed by atoms with E-state index in [1.165, 1.54) is 6.92 Å². The molecule has 0 bridgehead atoms. The van der Waals surface area contributed by atoms with Gasteiger partial charge in [0, 0.05) is 0 Å². The number of hydrogen-bond acceptors (Lipinski definition) is 2. The molecule has 0 aliphatic heterocycles. The number of halogens is 3. The summed E-state index contributed by atoms with van der Waals surface area (Å²) in [6, 6.07) is 0. The number of carbonyl (C=O) groups is 1. The third-order valence-corrected chi connectivity index (χ3v) is 2.76. The highest BCUT2D eigenvalue weighted by Crippen LogP contribution is 2.31. The maximum Gasteiger partial charge on any atom is 0.209 e. The van der Waals surface area contributed by atoms with Gasteiger partial charge in [-0.1, -0.05) is 23.2 Å². The average molecular weight is 220 g/mol. The number of amides is 1. The minimum Gasteiger partial charge on any atom is -0.370 e. The fourth-order valence-electron chi connectivity index (χ4n) is 0.393. The van der Waals surface area contributed by atoms with Crippen molar-refractivity contribution in [2.24, 2.45) is 0 Å². The standard InChI is InChI=1S/C5H8Cl3NO2/c1-3(6)5(7,8)4(11)9-2-10/h2-4,11H,1H3,(H,9,10)/t3-,4+/m1/s1. The molecule has 0 aromatic heterocycles. The van der Waals surface area contributed by atoms with E-state index in [-0.39, 0.29) is 0 Å². The molecule has 0 aromatic rings. The Hall–Kier alpha value is 0.300. The summed E-state index contributed by atoms with van der Waals surface area (Å²) in [4.78, 5) is 9.85. The Bertz CT molecular complexity index is 140. The first-order valence-corrected chi connectivity index (χ1v) is 4.01. The van der Waals surface area contributed by atoms with Crippen LogP contribution in [0.4, 0.5) is 0 Å². The van der Waals surface area contributed by atoms with Crippen molar-refractivity contribution >= 4 is 41.2 Å². The van der Waals surface area contributed by atoms with E-state index in [0.717, 1.165) is 0 Å². The third-order valence-electron chi connectivity index (χ3n) is 1.12. The van der Waals surface area contributed by atoms with Crippen molar-refractivity contribution in [3.05, 3.63) is 0 Å². The highest BCUT2D eigenvalue weighted by atomic mass is 35.5. The number of rotatable bonds is 4. The number of aliphatic hydroxyl groups is 1. The summed E-state index contributed by atoms with van der Waals surface area (Å²) in [5, 5.41) is 10.4. The normalized spacial score (nSPS) is 17.2. The Morgan fingerprint density at radius 1 is 1.64 bits per heavy atom. The van der Waals surface area contributed by atoms with Gasteiger partial charge in [0.05, 0.1) is 5.38 Å². The first kappa shape index (κ1) is 11.3. The van der Waals surface area contributed by atoms with Crippen molar-refractivity contribution in [3.8, 4) is 0 Å². The minimum absolute atomic E-state index is 0.295. The molecule has 0 heterocycles. The summed E-state index contributed by atoms with van der Waals surface area (Å²) < 4.78 is -1.57. The Morgan fingerprint density at radius 3 is 2.36 bits per heavy atom. The summed E-state index contributed by atoms with van der Waals surface area (Å²) >= 11 is 16.6. The second-order valence-corrected chi connectivity index (χ2v) is 4.08. The van der Waals surface area contributed by atoms with Crippen LogP contribution in [0, 0.1) is 0 Å². The Labute approximate surface area is 79.6 Å². The van der Waals surface area contributed by atoms with Crippen molar-refractivity contribution in [1.29, 1.82) is 0 Å². The molecule has 0 aliphatic carbocycles. The van der Waals surface area contributed by atoms with Gasteiger partial charge < -0.3 is 10.4 Å². The van der Waals surface area contributed by atoms with Crippen LogP contribution in [-0.4, -0.2) is 27.5 Å². The molecule has 3 nitrogen and oxygen atoms in total. The van der Waals surface area contributed by atoms with Gasteiger partial charge in [-0.2, -0.15) is 0 Å². The average Bonchev–Trinajstić information content (AvgIpc) is 1.88. The van der Waals surface area contributed by atoms with Gasteiger partial charge in [0.15, 0.2) is 10.6 Å². The van der Waals surface area contributed by atoms with Crippen molar-refractivity contribution in [2.45, 2.75) is 22.9 Å². The van der Waals surface area contributed by atoms with Gasteiger partial charge in [-0.05, 0) is 6.92 Å². The predicted molar refractivity (Wildman–Crippen MR) is 45.0 cm³/mol. The first-order valence-electron chi connectivity index (χ1n) is 2.82. The van der Waals surface area contributed by atoms with Crippen LogP contribution in [-0.2, 0) is 4.79 Å². The van der Waals surface area contributed by atoms with Gasteiger partial charge in [-0.25, -0.2) is 0 Å². The fourth-order valence-corrected chi connectivity index (χ4v) is 0.638. The van der Waals surface area contributed by atoms with Gasteiger partial charge in [-0.3, -0.25) is 4.79 Å². The minimum atomic E-state index is -1.57. The summed E-state index contributed by atoms with van der Waals surface area (Å²) in [5.41, 5.74) is 0. The van der Waals surface area contributed by atoms with Crippen LogP contribution in [0.25, 0.3) is 0 Å². The lowest BCUT2D eigenvalue weighted by atomic mass is 10.3. The van der Waals surface area contributed by atoms with Gasteiger partial charge in [0.2, 0.25) is 6.41 Å². The molecule has 0 aliphatic rings. The second-order valence-electron chi connectivity index (χ2n) is 1.98. The lowest BCUT2D eigenvalue weighted by Gasteiger charge is -2.26. The zero-order chi connectivity index (χ0) is 9.07. The van der Waals surface area contributed by atoms with Crippen LogP contribution >= 0.6 is 34.8 Å². The zero-order valence-corrected chi connectivity index (χ0v) is 7.99. The van der Waals surface area contributed by atoms with Crippen LogP contribution < -0.4 is 5.32 Å². The van der Waals surface area contributed by atoms with E-state index in [0.29, 0.717) is 6.41 Å². The smallest absolute Gasteiger partial charge is 0.209 e. The Balaban J connectivity index is 4.16. The van der Waals surface area contributed by atoms with E-state index >= 15 is 0 Å². The SMILES string of the molecule is C[C@@H](Cl)C(Cl)(Cl)[C@H](O)NC=O. The summed E-state index contributed by atoms with van der Waals surface area (Å²) in [6.07, 6.45) is -1.07. The van der Waals surface area contributed by atoms with Gasteiger partial charge in [0.1, 0.15) is 0 Å². The molecule has 66 valence electrons. The molecule has 0 fully saturated rings. The molecule has 11 heavy (non-hydrogen) atoms. The van der Waals surface area contributed by atoms with E-state index < -0.39 is 15.9 Å². The van der Waals surface area contributed by atoms with E-state index in [9.17, 15) is 4.79 Å². The Kier molecular flexibility index (Phi) is 4.48. The number of alkyl halides is 3. The Morgan fingerprint density at radius 2 is 2.09 bits per heavy atom. The van der Waals surface area contributed by atoms with E-state index in [1.54, 1.807) is 0 Å². The summed E-state index contributed by atoms with van der Waals surface area (Å²) in [5.74, 6) is 0. The molecule has 6 heteroatoms. The maximum absolute atomic E-state index is 9.85. The van der Waals surface area contributed by atoms with Crippen LogP contribution in [0.3, 0.4) is 0 Å². The number of carbonyl (C=O) groups excluding carboxylic acids is 1. The number of nitrogens with one attached hydrogen (secondary N) is 1. The van der Waals surface area contributed by atoms with E-state index in [2.05, 4.69) is 0 Å². The molecule has 0 saturated carbocycles. The van der Waals surface area contributed by atoms with Gasteiger partial charge in [-0.15, -0.1) is 11.6 Å². The second kappa shape index (κ2) is 4.36. The number of hydrogen-bond donors (Lipinski definition) is 2. The van der Waals surface area contributed by atoms with Gasteiger partial charge >= 0.3 is 0 Å². The molecule has 2 N–H and O–H groups in total. The molecule has 1 amide bonds. The van der Waals surface area contributed by atoms with Crippen molar-refractivity contribution < 1.29 is 9.90 Å². The molecule has 2 atom stereocenters. The molecular formula is C5H8Cl3NO2. The lowest BCUT2D eigenvalue weighted by molar-refractivity contribution is -0.112. The zero-order valence-electron chi connectivity index (χ0n) is 5.72. The van der Waals surface area contributed by atoms with Crippen LogP contribution in [0.15, 0.2) is 0 Å². The molecule has 0 saturated heterocycles. The molecule has 0 aromatic carbocycles. The van der Waals surface area contributed by atoms with E-state index in [4.69, 9.17) is 39.9 Å². The monoisotopic (exact) mass is 219 g/mol. The first-order chi connectivity index (χ1) is 4.92. The van der Waals surface area contributed by atoms with Crippen molar-refractivity contribution in [2.75, 3.05) is 0 Å². The molecule has 0 spiro atoms. The highest BCUT2D eigenvalue weighted by Gasteiger charge is 2.38. The van der Waals surface area contributed by atoms with Crippen LogP contribution in [0.2, 0.25) is 0 Å². The summed E-state index contributed by atoms with van der Waals surface area (Å²) in [7, 11) is 0.